The van der Waals surface area contributed by atoms with Crippen molar-refractivity contribution in [2.75, 3.05) is 6.61 Å². The van der Waals surface area contributed by atoms with Crippen LogP contribution in [0.25, 0.3) is 0 Å². The van der Waals surface area contributed by atoms with Crippen molar-refractivity contribution >= 4 is 10.0 Å². The molecule has 1 aromatic rings. The summed E-state index contributed by atoms with van der Waals surface area (Å²) in [7, 11) is -3.55. The average molecular weight is 299 g/mol. The average Bonchev–Trinajstić information content (AvgIpc) is 2.38. The molecule has 2 atom stereocenters. The molecule has 0 bridgehead atoms. The number of benzene rings is 1. The van der Waals surface area contributed by atoms with Crippen LogP contribution in [0.3, 0.4) is 0 Å². The summed E-state index contributed by atoms with van der Waals surface area (Å²) in [6.45, 7) is 4.19. The minimum atomic E-state index is -3.55. The maximum atomic E-state index is 12.4. The molecule has 0 aliphatic carbocycles. The smallest absolute Gasteiger partial charge is 0.240 e. The molecule has 5 nitrogen and oxygen atoms in total. The molecule has 0 saturated carbocycles. The molecule has 1 aliphatic heterocycles. The maximum absolute atomic E-state index is 12.4. The lowest BCUT2D eigenvalue weighted by atomic mass is 10.1. The van der Waals surface area contributed by atoms with E-state index < -0.39 is 10.0 Å². The number of aliphatic hydroxyl groups is 1. The van der Waals surface area contributed by atoms with Crippen molar-refractivity contribution in [2.24, 2.45) is 0 Å². The highest BCUT2D eigenvalue weighted by Gasteiger charge is 2.25. The van der Waals surface area contributed by atoms with E-state index in [-0.39, 0.29) is 23.6 Å². The fourth-order valence-electron chi connectivity index (χ4n) is 2.38. The zero-order chi connectivity index (χ0) is 14.8. The Morgan fingerprint density at radius 2 is 2.20 bits per heavy atom. The zero-order valence-corrected chi connectivity index (χ0v) is 12.6. The normalized spacial score (nSPS) is 23.8. The van der Waals surface area contributed by atoms with Crippen molar-refractivity contribution in [1.29, 1.82) is 0 Å². The van der Waals surface area contributed by atoms with Crippen molar-refractivity contribution < 1.29 is 18.3 Å². The van der Waals surface area contributed by atoms with E-state index in [9.17, 15) is 13.5 Å². The summed E-state index contributed by atoms with van der Waals surface area (Å²) < 4.78 is 32.8. The van der Waals surface area contributed by atoms with Gasteiger partial charge in [0.05, 0.1) is 17.6 Å². The third-order valence-electron chi connectivity index (χ3n) is 3.61. The summed E-state index contributed by atoms with van der Waals surface area (Å²) >= 11 is 0. The highest BCUT2D eigenvalue weighted by Crippen LogP contribution is 2.19. The lowest BCUT2D eigenvalue weighted by Gasteiger charge is -2.27. The van der Waals surface area contributed by atoms with Gasteiger partial charge in [-0.3, -0.25) is 0 Å². The summed E-state index contributed by atoms with van der Waals surface area (Å²) in [6.07, 6.45) is 1.43. The summed E-state index contributed by atoms with van der Waals surface area (Å²) in [6, 6.07) is 4.72. The fraction of sp³-hybridized carbons (Fsp3) is 0.571. The van der Waals surface area contributed by atoms with E-state index in [2.05, 4.69) is 4.72 Å². The van der Waals surface area contributed by atoms with Crippen molar-refractivity contribution in [3.8, 4) is 0 Å². The molecule has 1 fully saturated rings. The molecule has 2 N–H and O–H groups in total. The van der Waals surface area contributed by atoms with Crippen molar-refractivity contribution in [3.05, 3.63) is 29.3 Å². The Morgan fingerprint density at radius 1 is 1.45 bits per heavy atom. The Hall–Kier alpha value is -0.950. The highest BCUT2D eigenvalue weighted by molar-refractivity contribution is 7.89. The third kappa shape index (κ3) is 3.58. The van der Waals surface area contributed by atoms with Gasteiger partial charge < -0.3 is 9.84 Å². The first-order valence-corrected chi connectivity index (χ1v) is 8.25. The molecule has 2 rings (SSSR count). The molecule has 0 spiro atoms. The number of nitrogens with one attached hydrogen (secondary N) is 1. The van der Waals surface area contributed by atoms with Crippen LogP contribution in [-0.4, -0.2) is 32.3 Å². The Balaban J connectivity index is 2.17. The van der Waals surface area contributed by atoms with Gasteiger partial charge in [0.25, 0.3) is 0 Å². The van der Waals surface area contributed by atoms with Crippen LogP contribution in [0.15, 0.2) is 23.1 Å². The summed E-state index contributed by atoms with van der Waals surface area (Å²) in [5, 5.41) is 9.23. The standard InChI is InChI=1S/C14H21NO4S/c1-10-3-4-14(8-12(10)9-16)20(17,18)15-13-5-6-19-11(2)7-13/h3-4,8,11,13,15-16H,5-7,9H2,1-2H3. The SMILES string of the molecule is Cc1ccc(S(=O)(=O)NC2CCOC(C)C2)cc1CO. The molecule has 0 amide bonds. The van der Waals surface area contributed by atoms with Gasteiger partial charge >= 0.3 is 0 Å². The van der Waals surface area contributed by atoms with E-state index in [1.807, 2.05) is 13.8 Å². The van der Waals surface area contributed by atoms with Crippen LogP contribution < -0.4 is 4.72 Å². The number of rotatable bonds is 4. The van der Waals surface area contributed by atoms with Crippen LogP contribution >= 0.6 is 0 Å². The van der Waals surface area contributed by atoms with E-state index in [1.54, 1.807) is 12.1 Å². The Morgan fingerprint density at radius 3 is 2.85 bits per heavy atom. The van der Waals surface area contributed by atoms with E-state index in [4.69, 9.17) is 4.74 Å². The molecule has 1 saturated heterocycles. The van der Waals surface area contributed by atoms with Gasteiger partial charge in [-0.25, -0.2) is 13.1 Å². The number of ether oxygens (including phenoxy) is 1. The zero-order valence-electron chi connectivity index (χ0n) is 11.8. The number of sulfonamides is 1. The summed E-state index contributed by atoms with van der Waals surface area (Å²) in [5.74, 6) is 0. The van der Waals surface area contributed by atoms with Crippen LogP contribution in [-0.2, 0) is 21.4 Å². The van der Waals surface area contributed by atoms with E-state index in [1.165, 1.54) is 6.07 Å². The van der Waals surface area contributed by atoms with Gasteiger partial charge in [-0.15, -0.1) is 0 Å². The molecule has 0 aromatic heterocycles. The Bertz CT molecular complexity index is 571. The molecular weight excluding hydrogens is 278 g/mol. The molecule has 20 heavy (non-hydrogen) atoms. The lowest BCUT2D eigenvalue weighted by molar-refractivity contribution is 0.0173. The number of aliphatic hydroxyl groups excluding tert-OH is 1. The Kier molecular flexibility index (Phi) is 4.80. The highest BCUT2D eigenvalue weighted by atomic mass is 32.2. The van der Waals surface area contributed by atoms with Gasteiger partial charge in [-0.1, -0.05) is 6.07 Å². The third-order valence-corrected chi connectivity index (χ3v) is 5.13. The maximum Gasteiger partial charge on any atom is 0.240 e. The number of hydrogen-bond donors (Lipinski definition) is 2. The van der Waals surface area contributed by atoms with E-state index in [0.29, 0.717) is 25.0 Å². The molecule has 112 valence electrons. The Labute approximate surface area is 120 Å². The molecule has 1 aliphatic rings. The lowest BCUT2D eigenvalue weighted by Crippen LogP contribution is -2.41. The van der Waals surface area contributed by atoms with Gasteiger partial charge in [0, 0.05) is 12.6 Å². The van der Waals surface area contributed by atoms with Crippen LogP contribution in [0.1, 0.15) is 30.9 Å². The first kappa shape index (κ1) is 15.4. The predicted molar refractivity (Wildman–Crippen MR) is 75.9 cm³/mol. The first-order valence-electron chi connectivity index (χ1n) is 6.76. The molecule has 0 radical (unpaired) electrons. The topological polar surface area (TPSA) is 75.6 Å². The molecule has 6 heteroatoms. The van der Waals surface area contributed by atoms with Crippen molar-refractivity contribution in [3.63, 3.8) is 0 Å². The first-order chi connectivity index (χ1) is 9.42. The van der Waals surface area contributed by atoms with Crippen LogP contribution in [0.2, 0.25) is 0 Å². The van der Waals surface area contributed by atoms with Gasteiger partial charge in [-0.2, -0.15) is 0 Å². The van der Waals surface area contributed by atoms with Crippen LogP contribution in [0.5, 0.6) is 0 Å². The minimum absolute atomic E-state index is 0.0717. The summed E-state index contributed by atoms with van der Waals surface area (Å²) in [4.78, 5) is 0.200. The van der Waals surface area contributed by atoms with Crippen molar-refractivity contribution in [1.82, 2.24) is 4.72 Å². The second-order valence-electron chi connectivity index (χ2n) is 5.27. The van der Waals surface area contributed by atoms with Crippen LogP contribution in [0, 0.1) is 6.92 Å². The molecule has 1 heterocycles. The second kappa shape index (κ2) is 6.22. The molecule has 2 unspecified atom stereocenters. The van der Waals surface area contributed by atoms with Crippen LogP contribution in [0.4, 0.5) is 0 Å². The quantitative estimate of drug-likeness (QED) is 0.879. The molecular formula is C14H21NO4S. The summed E-state index contributed by atoms with van der Waals surface area (Å²) in [5.41, 5.74) is 1.51. The second-order valence-corrected chi connectivity index (χ2v) is 6.98. The number of aryl methyl sites for hydroxylation is 1. The largest absolute Gasteiger partial charge is 0.392 e. The van der Waals surface area contributed by atoms with Gasteiger partial charge in [0.1, 0.15) is 0 Å². The monoisotopic (exact) mass is 299 g/mol. The van der Waals surface area contributed by atoms with Gasteiger partial charge in [-0.05, 0) is 49.9 Å². The molecule has 1 aromatic carbocycles. The van der Waals surface area contributed by atoms with E-state index >= 15 is 0 Å². The predicted octanol–water partition coefficient (Wildman–Crippen LogP) is 1.33. The fourth-order valence-corrected chi connectivity index (χ4v) is 3.71. The van der Waals surface area contributed by atoms with Crippen molar-refractivity contribution in [2.45, 2.75) is 50.3 Å². The number of hydrogen-bond acceptors (Lipinski definition) is 4. The van der Waals surface area contributed by atoms with E-state index in [0.717, 1.165) is 5.56 Å². The van der Waals surface area contributed by atoms with Gasteiger partial charge in [0.2, 0.25) is 10.0 Å². The minimum Gasteiger partial charge on any atom is -0.392 e. The van der Waals surface area contributed by atoms with Gasteiger partial charge in [0.15, 0.2) is 0 Å².